The Morgan fingerprint density at radius 1 is 1.29 bits per heavy atom. The number of aromatic nitrogens is 1. The van der Waals surface area contributed by atoms with Crippen LogP contribution in [0.2, 0.25) is 0 Å². The van der Waals surface area contributed by atoms with E-state index < -0.39 is 27.9 Å². The van der Waals surface area contributed by atoms with Crippen molar-refractivity contribution in [1.82, 2.24) is 14.0 Å². The van der Waals surface area contributed by atoms with Crippen LogP contribution in [0.25, 0.3) is 0 Å². The molecule has 0 spiro atoms. The van der Waals surface area contributed by atoms with Crippen molar-refractivity contribution in [3.05, 3.63) is 41.3 Å². The number of rotatable bonds is 7. The first kappa shape index (κ1) is 23.1. The van der Waals surface area contributed by atoms with Crippen molar-refractivity contribution < 1.29 is 30.8 Å². The summed E-state index contributed by atoms with van der Waals surface area (Å²) in [7, 11) is -2.68. The van der Waals surface area contributed by atoms with Crippen LogP contribution >= 0.6 is 0 Å². The normalized spacial score (nSPS) is 15.4. The van der Waals surface area contributed by atoms with Gasteiger partial charge in [0.2, 0.25) is 0 Å². The van der Waals surface area contributed by atoms with Crippen LogP contribution in [-0.4, -0.2) is 37.2 Å². The number of hydrogen-bond acceptors (Lipinski definition) is 6. The first-order valence-corrected chi connectivity index (χ1v) is 11.1. The third kappa shape index (κ3) is 5.76. The lowest BCUT2D eigenvalue weighted by Crippen LogP contribution is -2.43. The number of alkyl halides is 3. The Kier molecular flexibility index (Phi) is 6.60. The summed E-state index contributed by atoms with van der Waals surface area (Å²) in [6.45, 7) is 1.90. The van der Waals surface area contributed by atoms with Gasteiger partial charge in [-0.3, -0.25) is 4.79 Å². The average molecular weight is 460 g/mol. The minimum absolute atomic E-state index is 0.0903. The standard InChI is InChI=1S/C19H23F3N4O4S/c1-12-7-8-14(19(20,21)22)9-15(12)23-18-24-16(11-30-18)17(27)25-31(28,29)26(2)10-13-5-3-4-6-13/h7-9,11,13H,3-6,10H2,1-2H3,(H,23,24)(H,25,27). The van der Waals surface area contributed by atoms with Crippen molar-refractivity contribution in [2.24, 2.45) is 5.92 Å². The monoisotopic (exact) mass is 460 g/mol. The van der Waals surface area contributed by atoms with Crippen molar-refractivity contribution in [3.8, 4) is 0 Å². The minimum Gasteiger partial charge on any atom is -0.431 e. The van der Waals surface area contributed by atoms with E-state index in [1.54, 1.807) is 6.92 Å². The molecule has 3 rings (SSSR count). The quantitative estimate of drug-likeness (QED) is 0.651. The first-order chi connectivity index (χ1) is 14.5. The molecule has 0 radical (unpaired) electrons. The van der Waals surface area contributed by atoms with Crippen LogP contribution < -0.4 is 10.0 Å². The first-order valence-electron chi connectivity index (χ1n) is 9.64. The van der Waals surface area contributed by atoms with E-state index in [1.165, 1.54) is 13.1 Å². The fourth-order valence-corrected chi connectivity index (χ4v) is 4.29. The van der Waals surface area contributed by atoms with Crippen LogP contribution in [0.15, 0.2) is 28.9 Å². The molecule has 0 unspecified atom stereocenters. The topological polar surface area (TPSA) is 105 Å². The third-order valence-corrected chi connectivity index (χ3v) is 6.58. The molecular formula is C19H23F3N4O4S. The maximum absolute atomic E-state index is 12.9. The molecule has 1 amide bonds. The van der Waals surface area contributed by atoms with Gasteiger partial charge < -0.3 is 9.73 Å². The number of oxazole rings is 1. The fraction of sp³-hybridized carbons (Fsp3) is 0.474. The van der Waals surface area contributed by atoms with Crippen molar-refractivity contribution in [3.63, 3.8) is 0 Å². The van der Waals surface area contributed by atoms with Gasteiger partial charge in [0.15, 0.2) is 5.69 Å². The maximum Gasteiger partial charge on any atom is 0.416 e. The number of halogens is 3. The third-order valence-electron chi connectivity index (χ3n) is 5.17. The molecule has 31 heavy (non-hydrogen) atoms. The molecule has 1 aliphatic carbocycles. The van der Waals surface area contributed by atoms with Crippen molar-refractivity contribution in [2.75, 3.05) is 18.9 Å². The number of anilines is 2. The highest BCUT2D eigenvalue weighted by molar-refractivity contribution is 7.87. The van der Waals surface area contributed by atoms with Gasteiger partial charge in [-0.15, -0.1) is 0 Å². The molecule has 1 aromatic heterocycles. The lowest BCUT2D eigenvalue weighted by atomic mass is 10.1. The molecule has 0 saturated heterocycles. The van der Waals surface area contributed by atoms with E-state index in [2.05, 4.69) is 10.3 Å². The Hall–Kier alpha value is -2.60. The Morgan fingerprint density at radius 2 is 1.97 bits per heavy atom. The van der Waals surface area contributed by atoms with Crippen molar-refractivity contribution in [2.45, 2.75) is 38.8 Å². The maximum atomic E-state index is 12.9. The lowest BCUT2D eigenvalue weighted by molar-refractivity contribution is -0.137. The highest BCUT2D eigenvalue weighted by atomic mass is 32.2. The molecule has 0 aliphatic heterocycles. The molecule has 0 atom stereocenters. The molecule has 1 aliphatic rings. The van der Waals surface area contributed by atoms with Gasteiger partial charge in [0.1, 0.15) is 6.26 Å². The molecular weight excluding hydrogens is 437 g/mol. The Morgan fingerprint density at radius 3 is 2.61 bits per heavy atom. The van der Waals surface area contributed by atoms with E-state index in [1.807, 2.05) is 4.72 Å². The van der Waals surface area contributed by atoms with Crippen LogP contribution in [-0.2, 0) is 16.4 Å². The van der Waals surface area contributed by atoms with E-state index >= 15 is 0 Å². The summed E-state index contributed by atoms with van der Waals surface area (Å²) >= 11 is 0. The number of nitrogens with one attached hydrogen (secondary N) is 2. The number of hydrogen-bond donors (Lipinski definition) is 2. The molecule has 0 bridgehead atoms. The average Bonchev–Trinajstić information content (AvgIpc) is 3.34. The number of aryl methyl sites for hydroxylation is 1. The largest absolute Gasteiger partial charge is 0.431 e. The van der Waals surface area contributed by atoms with Crippen LogP contribution in [0, 0.1) is 12.8 Å². The lowest BCUT2D eigenvalue weighted by Gasteiger charge is -2.20. The fourth-order valence-electron chi connectivity index (χ4n) is 3.39. The van der Waals surface area contributed by atoms with Gasteiger partial charge in [-0.1, -0.05) is 18.9 Å². The molecule has 1 aromatic carbocycles. The summed E-state index contributed by atoms with van der Waals surface area (Å²) in [5.74, 6) is -0.744. The Labute approximate surface area is 178 Å². The number of carbonyl (C=O) groups excluding carboxylic acids is 1. The van der Waals surface area contributed by atoms with Crippen LogP contribution in [0.5, 0.6) is 0 Å². The van der Waals surface area contributed by atoms with E-state index in [0.717, 1.165) is 48.4 Å². The van der Waals surface area contributed by atoms with Gasteiger partial charge in [0.05, 0.1) is 5.56 Å². The molecule has 1 heterocycles. The predicted octanol–water partition coefficient (Wildman–Crippen LogP) is 3.84. The smallest absolute Gasteiger partial charge is 0.416 e. The van der Waals surface area contributed by atoms with E-state index in [4.69, 9.17) is 4.42 Å². The summed E-state index contributed by atoms with van der Waals surface area (Å²) < 4.78 is 71.6. The van der Waals surface area contributed by atoms with E-state index in [9.17, 15) is 26.4 Å². The number of benzene rings is 1. The molecule has 2 aromatic rings. The van der Waals surface area contributed by atoms with Crippen LogP contribution in [0.3, 0.4) is 0 Å². The SMILES string of the molecule is Cc1ccc(C(F)(F)F)cc1Nc1nc(C(=O)NS(=O)(=O)N(C)CC2CCCC2)co1. The molecule has 2 N–H and O–H groups in total. The van der Waals surface area contributed by atoms with Gasteiger partial charge in [-0.05, 0) is 43.4 Å². The Bertz CT molecular complexity index is 1050. The van der Waals surface area contributed by atoms with Crippen LogP contribution in [0.1, 0.15) is 47.3 Å². The second kappa shape index (κ2) is 8.87. The summed E-state index contributed by atoms with van der Waals surface area (Å²) in [5, 5.41) is 2.58. The highest BCUT2D eigenvalue weighted by Gasteiger charge is 2.31. The van der Waals surface area contributed by atoms with Crippen molar-refractivity contribution in [1.29, 1.82) is 0 Å². The molecule has 1 fully saturated rings. The van der Waals surface area contributed by atoms with Gasteiger partial charge in [-0.2, -0.15) is 30.9 Å². The molecule has 170 valence electrons. The van der Waals surface area contributed by atoms with E-state index in [0.29, 0.717) is 12.1 Å². The predicted molar refractivity (Wildman–Crippen MR) is 107 cm³/mol. The highest BCUT2D eigenvalue weighted by Crippen LogP contribution is 2.33. The number of amides is 1. The van der Waals surface area contributed by atoms with Crippen LogP contribution in [0.4, 0.5) is 24.9 Å². The molecule has 12 heteroatoms. The Balaban J connectivity index is 1.67. The van der Waals surface area contributed by atoms with E-state index in [-0.39, 0.29) is 23.3 Å². The van der Waals surface area contributed by atoms with Crippen molar-refractivity contribution >= 4 is 27.8 Å². The van der Waals surface area contributed by atoms with Gasteiger partial charge in [-0.25, -0.2) is 4.72 Å². The summed E-state index contributed by atoms with van der Waals surface area (Å²) in [5.41, 5.74) is -0.604. The van der Waals surface area contributed by atoms with Gasteiger partial charge in [0, 0.05) is 19.3 Å². The summed E-state index contributed by atoms with van der Waals surface area (Å²) in [4.78, 5) is 16.1. The second-order valence-electron chi connectivity index (χ2n) is 7.56. The summed E-state index contributed by atoms with van der Waals surface area (Å²) in [6.07, 6.45) is 0.413. The zero-order valence-electron chi connectivity index (χ0n) is 17.0. The summed E-state index contributed by atoms with van der Waals surface area (Å²) in [6, 6.07) is 2.88. The number of carbonyl (C=O) groups is 1. The molecule has 8 nitrogen and oxygen atoms in total. The number of nitrogens with zero attached hydrogens (tertiary/aromatic N) is 2. The molecule has 1 saturated carbocycles. The minimum atomic E-state index is -4.52. The zero-order valence-corrected chi connectivity index (χ0v) is 17.8. The van der Waals surface area contributed by atoms with Gasteiger partial charge in [0.25, 0.3) is 11.9 Å². The van der Waals surface area contributed by atoms with Gasteiger partial charge >= 0.3 is 16.4 Å². The second-order valence-corrected chi connectivity index (χ2v) is 9.34. The zero-order chi connectivity index (χ0) is 22.8.